The molecule has 30 heavy (non-hydrogen) atoms. The van der Waals surface area contributed by atoms with E-state index >= 15 is 0 Å². The number of piperidine rings is 1. The number of para-hydroxylation sites is 1. The third-order valence-electron chi connectivity index (χ3n) is 6.83. The Balaban J connectivity index is 1.43. The molecule has 0 radical (unpaired) electrons. The van der Waals surface area contributed by atoms with E-state index in [9.17, 15) is 14.4 Å². The number of nitrogens with one attached hydrogen (secondary N) is 1. The lowest BCUT2D eigenvalue weighted by Gasteiger charge is -2.48. The minimum absolute atomic E-state index is 0.00214. The molecule has 0 aromatic heterocycles. The van der Waals surface area contributed by atoms with Crippen LogP contribution in [0.25, 0.3) is 0 Å². The lowest BCUT2D eigenvalue weighted by Crippen LogP contribution is -2.64. The number of fused-ring (bicyclic) bond motifs is 3. The van der Waals surface area contributed by atoms with Gasteiger partial charge in [-0.25, -0.2) is 0 Å². The topological polar surface area (TPSA) is 73.0 Å². The average Bonchev–Trinajstić information content (AvgIpc) is 3.06. The van der Waals surface area contributed by atoms with E-state index in [1.807, 2.05) is 19.1 Å². The second-order valence-electron chi connectivity index (χ2n) is 8.89. The van der Waals surface area contributed by atoms with Gasteiger partial charge in [-0.1, -0.05) is 25.5 Å². The van der Waals surface area contributed by atoms with E-state index in [0.717, 1.165) is 32.5 Å². The first-order valence-corrected chi connectivity index (χ1v) is 11.2. The molecule has 0 aliphatic carbocycles. The maximum atomic E-state index is 13.2. The minimum atomic E-state index is -0.788. The summed E-state index contributed by atoms with van der Waals surface area (Å²) in [6.07, 6.45) is 5.20. The van der Waals surface area contributed by atoms with Crippen molar-refractivity contribution in [1.82, 2.24) is 15.1 Å². The maximum absolute atomic E-state index is 13.2. The van der Waals surface area contributed by atoms with Crippen LogP contribution in [0.5, 0.6) is 0 Å². The second-order valence-corrected chi connectivity index (χ2v) is 8.89. The molecule has 2 fully saturated rings. The third kappa shape index (κ3) is 3.71. The Hall–Kier alpha value is -2.41. The summed E-state index contributed by atoms with van der Waals surface area (Å²) in [6.45, 7) is 7.20. The first-order valence-electron chi connectivity index (χ1n) is 11.2. The summed E-state index contributed by atoms with van der Waals surface area (Å²) in [4.78, 5) is 44.5. The van der Waals surface area contributed by atoms with Crippen LogP contribution in [0, 0.1) is 0 Å². The van der Waals surface area contributed by atoms with E-state index in [4.69, 9.17) is 0 Å². The molecule has 3 aliphatic rings. The van der Waals surface area contributed by atoms with Crippen molar-refractivity contribution in [2.45, 2.75) is 64.1 Å². The number of amides is 3. The first-order chi connectivity index (χ1) is 14.4. The predicted octanol–water partition coefficient (Wildman–Crippen LogP) is 2.37. The first kappa shape index (κ1) is 20.8. The van der Waals surface area contributed by atoms with E-state index in [0.29, 0.717) is 24.1 Å². The standard InChI is InChI=1S/C23H32N4O3/c1-3-4-13-25-14-10-17(11-15-25)24-20(28)16-26-22(30)18-7-5-6-8-19(18)27-21(29)9-12-23(26,27)2/h5-8,17H,3-4,9-16H2,1-2H3,(H,24,28). The number of likely N-dealkylation sites (tertiary alicyclic amines) is 1. The van der Waals surface area contributed by atoms with Crippen LogP contribution in [0.3, 0.4) is 0 Å². The quantitative estimate of drug-likeness (QED) is 0.779. The highest BCUT2D eigenvalue weighted by Gasteiger charge is 2.53. The van der Waals surface area contributed by atoms with Crippen molar-refractivity contribution in [3.05, 3.63) is 29.8 Å². The number of hydrogen-bond donors (Lipinski definition) is 1. The number of rotatable bonds is 6. The Labute approximate surface area is 178 Å². The van der Waals surface area contributed by atoms with Crippen molar-refractivity contribution in [3.8, 4) is 0 Å². The number of hydrogen-bond acceptors (Lipinski definition) is 4. The van der Waals surface area contributed by atoms with Crippen LogP contribution in [0.4, 0.5) is 5.69 Å². The zero-order chi connectivity index (χ0) is 21.3. The van der Waals surface area contributed by atoms with E-state index in [1.165, 1.54) is 12.8 Å². The SMILES string of the molecule is CCCCN1CCC(NC(=O)CN2C(=O)c3ccccc3N3C(=O)CCC23C)CC1. The van der Waals surface area contributed by atoms with Crippen LogP contribution in [0.1, 0.15) is 62.7 Å². The average molecular weight is 413 g/mol. The number of carbonyl (C=O) groups is 3. The van der Waals surface area contributed by atoms with Gasteiger partial charge in [0.25, 0.3) is 5.91 Å². The van der Waals surface area contributed by atoms with Gasteiger partial charge in [-0.2, -0.15) is 0 Å². The van der Waals surface area contributed by atoms with Gasteiger partial charge in [0.15, 0.2) is 0 Å². The Bertz CT molecular complexity index is 833. The molecule has 1 aromatic carbocycles. The Morgan fingerprint density at radius 2 is 1.93 bits per heavy atom. The molecule has 162 valence electrons. The Kier molecular flexibility index (Phi) is 5.82. The highest BCUT2D eigenvalue weighted by atomic mass is 16.2. The summed E-state index contributed by atoms with van der Waals surface area (Å²) >= 11 is 0. The molecule has 0 saturated carbocycles. The van der Waals surface area contributed by atoms with Crippen LogP contribution in [0.15, 0.2) is 24.3 Å². The molecule has 1 unspecified atom stereocenters. The fourth-order valence-corrected chi connectivity index (χ4v) is 5.04. The lowest BCUT2D eigenvalue weighted by atomic mass is 9.98. The van der Waals surface area contributed by atoms with Gasteiger partial charge >= 0.3 is 0 Å². The van der Waals surface area contributed by atoms with Crippen LogP contribution < -0.4 is 10.2 Å². The fourth-order valence-electron chi connectivity index (χ4n) is 5.04. The molecule has 3 aliphatic heterocycles. The molecule has 7 nitrogen and oxygen atoms in total. The number of anilines is 1. The highest BCUT2D eigenvalue weighted by Crippen LogP contribution is 2.43. The van der Waals surface area contributed by atoms with Gasteiger partial charge in [-0.3, -0.25) is 19.3 Å². The van der Waals surface area contributed by atoms with E-state index in [2.05, 4.69) is 17.1 Å². The lowest BCUT2D eigenvalue weighted by molar-refractivity contribution is -0.124. The molecule has 0 bridgehead atoms. The predicted molar refractivity (Wildman–Crippen MR) is 115 cm³/mol. The number of carbonyl (C=O) groups excluding carboxylic acids is 3. The Morgan fingerprint density at radius 3 is 2.67 bits per heavy atom. The molecule has 2 saturated heterocycles. The molecular weight excluding hydrogens is 380 g/mol. The summed E-state index contributed by atoms with van der Waals surface area (Å²) in [5.74, 6) is -0.318. The largest absolute Gasteiger partial charge is 0.352 e. The summed E-state index contributed by atoms with van der Waals surface area (Å²) in [5.41, 5.74) is 0.356. The van der Waals surface area contributed by atoms with Crippen LogP contribution in [-0.4, -0.2) is 65.4 Å². The van der Waals surface area contributed by atoms with E-state index < -0.39 is 5.66 Å². The smallest absolute Gasteiger partial charge is 0.258 e. The highest BCUT2D eigenvalue weighted by molar-refractivity contribution is 6.11. The van der Waals surface area contributed by atoms with Crippen molar-refractivity contribution in [2.75, 3.05) is 31.1 Å². The van der Waals surface area contributed by atoms with Gasteiger partial charge in [-0.15, -0.1) is 0 Å². The second kappa shape index (κ2) is 8.38. The molecule has 4 rings (SSSR count). The summed E-state index contributed by atoms with van der Waals surface area (Å²) in [7, 11) is 0. The summed E-state index contributed by atoms with van der Waals surface area (Å²) in [5, 5.41) is 3.13. The molecule has 3 heterocycles. The molecule has 7 heteroatoms. The Morgan fingerprint density at radius 1 is 1.20 bits per heavy atom. The van der Waals surface area contributed by atoms with Crippen LogP contribution in [0.2, 0.25) is 0 Å². The molecule has 1 N–H and O–H groups in total. The van der Waals surface area contributed by atoms with E-state index in [-0.39, 0.29) is 30.3 Å². The van der Waals surface area contributed by atoms with Crippen LogP contribution in [-0.2, 0) is 9.59 Å². The third-order valence-corrected chi connectivity index (χ3v) is 6.83. The molecular formula is C23H32N4O3. The monoisotopic (exact) mass is 412 g/mol. The van der Waals surface area contributed by atoms with Gasteiger partial charge in [0.1, 0.15) is 12.2 Å². The zero-order valence-corrected chi connectivity index (χ0v) is 18.0. The number of benzene rings is 1. The molecule has 1 aromatic rings. The van der Waals surface area contributed by atoms with Crippen molar-refractivity contribution in [1.29, 1.82) is 0 Å². The molecule has 3 amide bonds. The van der Waals surface area contributed by atoms with Crippen molar-refractivity contribution in [2.24, 2.45) is 0 Å². The van der Waals surface area contributed by atoms with Gasteiger partial charge < -0.3 is 15.1 Å². The van der Waals surface area contributed by atoms with Crippen molar-refractivity contribution in [3.63, 3.8) is 0 Å². The normalized spacial score (nSPS) is 24.7. The summed E-state index contributed by atoms with van der Waals surface area (Å²) in [6, 6.07) is 7.34. The van der Waals surface area contributed by atoms with Crippen molar-refractivity contribution >= 4 is 23.4 Å². The van der Waals surface area contributed by atoms with Gasteiger partial charge in [0, 0.05) is 25.6 Å². The fraction of sp³-hybridized carbons (Fsp3) is 0.609. The van der Waals surface area contributed by atoms with Crippen LogP contribution >= 0.6 is 0 Å². The van der Waals surface area contributed by atoms with E-state index in [1.54, 1.807) is 21.9 Å². The minimum Gasteiger partial charge on any atom is -0.352 e. The summed E-state index contributed by atoms with van der Waals surface area (Å²) < 4.78 is 0. The molecule has 0 spiro atoms. The zero-order valence-electron chi connectivity index (χ0n) is 18.0. The van der Waals surface area contributed by atoms with Crippen molar-refractivity contribution < 1.29 is 14.4 Å². The number of nitrogens with zero attached hydrogens (tertiary/aromatic N) is 3. The van der Waals surface area contributed by atoms with Gasteiger partial charge in [-0.05, 0) is 51.3 Å². The van der Waals surface area contributed by atoms with Gasteiger partial charge in [0.2, 0.25) is 11.8 Å². The maximum Gasteiger partial charge on any atom is 0.258 e. The van der Waals surface area contributed by atoms with Gasteiger partial charge in [0.05, 0.1) is 11.3 Å². The molecule has 1 atom stereocenters. The number of unbranched alkanes of at least 4 members (excludes halogenated alkanes) is 1.